The lowest BCUT2D eigenvalue weighted by molar-refractivity contribution is -0.127. The highest BCUT2D eigenvalue weighted by Crippen LogP contribution is 2.44. The van der Waals surface area contributed by atoms with E-state index in [-0.39, 0.29) is 63.9 Å². The van der Waals surface area contributed by atoms with Crippen molar-refractivity contribution >= 4 is 57.7 Å². The summed E-state index contributed by atoms with van der Waals surface area (Å²) in [7, 11) is 0. The van der Waals surface area contributed by atoms with E-state index in [2.05, 4.69) is 21.8 Å². The Morgan fingerprint density at radius 3 is 2.73 bits per heavy atom. The number of amides is 2. The van der Waals surface area contributed by atoms with Gasteiger partial charge in [-0.3, -0.25) is 9.59 Å². The van der Waals surface area contributed by atoms with Crippen LogP contribution in [0.15, 0.2) is 64.8 Å². The molecule has 2 aliphatic heterocycles. The van der Waals surface area contributed by atoms with Gasteiger partial charge in [-0.25, -0.2) is 18.7 Å². The highest BCUT2D eigenvalue weighted by molar-refractivity contribution is 7.99. The molecule has 2 bridgehead atoms. The second-order valence-corrected chi connectivity index (χ2v) is 13.2. The zero-order chi connectivity index (χ0) is 31.6. The molecule has 1 saturated carbocycles. The van der Waals surface area contributed by atoms with Crippen LogP contribution in [0.25, 0.3) is 28.0 Å². The fourth-order valence-corrected chi connectivity index (χ4v) is 7.71. The minimum Gasteiger partial charge on any atom is -0.349 e. The van der Waals surface area contributed by atoms with E-state index in [1.807, 2.05) is 32.0 Å². The SMILES string of the molecule is C=CC(=O)N1CCN(c2nc(=O)n3c4nc(c(Cl)cc24)-c2c(F)cccc2NC(=O)CCSc2cccc(C(C)C)c2-3)C2C[C@H]21. The predicted molar refractivity (Wildman–Crippen MR) is 175 cm³/mol. The molecule has 1 N–H and O–H groups in total. The molecule has 1 unspecified atom stereocenters. The maximum atomic E-state index is 15.6. The number of aromatic nitrogens is 3. The number of piperazine rings is 1. The lowest BCUT2D eigenvalue weighted by Crippen LogP contribution is -2.49. The topological polar surface area (TPSA) is 100 Å². The summed E-state index contributed by atoms with van der Waals surface area (Å²) in [6.45, 7) is 8.63. The van der Waals surface area contributed by atoms with Crippen LogP contribution in [0.1, 0.15) is 38.2 Å². The Hall–Kier alpha value is -4.22. The molecule has 12 heteroatoms. The second kappa shape index (κ2) is 11.3. The van der Waals surface area contributed by atoms with Crippen LogP contribution in [0.2, 0.25) is 5.02 Å². The summed E-state index contributed by atoms with van der Waals surface area (Å²) in [5.74, 6) is -0.121. The van der Waals surface area contributed by atoms with Gasteiger partial charge in [0.15, 0.2) is 5.65 Å². The van der Waals surface area contributed by atoms with E-state index in [1.54, 1.807) is 17.0 Å². The van der Waals surface area contributed by atoms with Crippen molar-refractivity contribution in [2.75, 3.05) is 29.1 Å². The molecule has 0 spiro atoms. The number of pyridine rings is 1. The first-order valence-corrected chi connectivity index (χ1v) is 16.2. The minimum absolute atomic E-state index is 0.0119. The van der Waals surface area contributed by atoms with Crippen LogP contribution in [0.3, 0.4) is 0 Å². The number of para-hydroxylation sites is 1. The number of hydrogen-bond donors (Lipinski definition) is 1. The smallest absolute Gasteiger partial charge is 0.349 e. The van der Waals surface area contributed by atoms with Crippen LogP contribution in [-0.2, 0) is 9.59 Å². The lowest BCUT2D eigenvalue weighted by atomic mass is 10.0. The third-order valence-corrected chi connectivity index (χ3v) is 9.96. The molecule has 3 aliphatic rings. The number of fused-ring (bicyclic) bond motifs is 6. The highest BCUT2D eigenvalue weighted by atomic mass is 35.5. The molecule has 1 aliphatic carbocycles. The summed E-state index contributed by atoms with van der Waals surface area (Å²) in [6, 6.07) is 11.9. The van der Waals surface area contributed by atoms with Gasteiger partial charge in [-0.2, -0.15) is 4.98 Å². The van der Waals surface area contributed by atoms with Gasteiger partial charge in [0.25, 0.3) is 0 Å². The van der Waals surface area contributed by atoms with Crippen LogP contribution in [-0.4, -0.2) is 62.2 Å². The Morgan fingerprint density at radius 2 is 1.96 bits per heavy atom. The number of benzene rings is 2. The Labute approximate surface area is 268 Å². The third kappa shape index (κ3) is 4.98. The van der Waals surface area contributed by atoms with Crippen LogP contribution in [0.4, 0.5) is 15.9 Å². The molecule has 2 amide bonds. The van der Waals surface area contributed by atoms with Gasteiger partial charge in [0, 0.05) is 30.2 Å². The van der Waals surface area contributed by atoms with Crippen molar-refractivity contribution in [3.63, 3.8) is 0 Å². The average molecular weight is 645 g/mol. The Kier molecular flexibility index (Phi) is 7.40. The van der Waals surface area contributed by atoms with Crippen LogP contribution < -0.4 is 15.9 Å². The first kappa shape index (κ1) is 29.5. The van der Waals surface area contributed by atoms with Crippen LogP contribution >= 0.6 is 23.4 Å². The predicted octanol–water partition coefficient (Wildman–Crippen LogP) is 5.77. The molecule has 7 rings (SSSR count). The van der Waals surface area contributed by atoms with E-state index >= 15 is 4.39 Å². The normalized spacial score (nSPS) is 19.2. The number of hydrogen-bond acceptors (Lipinski definition) is 7. The Bertz CT molecular complexity index is 1980. The first-order valence-electron chi connectivity index (χ1n) is 14.9. The molecule has 2 atom stereocenters. The molecule has 2 fully saturated rings. The quantitative estimate of drug-likeness (QED) is 0.283. The largest absolute Gasteiger partial charge is 0.355 e. The zero-order valence-corrected chi connectivity index (χ0v) is 26.3. The molecule has 4 aromatic rings. The summed E-state index contributed by atoms with van der Waals surface area (Å²) in [5.41, 5.74) is 1.66. The number of rotatable bonds is 3. The van der Waals surface area contributed by atoms with E-state index in [0.29, 0.717) is 35.7 Å². The highest BCUT2D eigenvalue weighted by Gasteiger charge is 2.51. The fraction of sp³-hybridized carbons (Fsp3) is 0.303. The molecular weight excluding hydrogens is 615 g/mol. The van der Waals surface area contributed by atoms with Gasteiger partial charge in [-0.05, 0) is 48.2 Å². The number of thioether (sulfide) groups is 1. The van der Waals surface area contributed by atoms with Gasteiger partial charge < -0.3 is 15.1 Å². The van der Waals surface area contributed by atoms with Crippen molar-refractivity contribution in [3.8, 4) is 16.9 Å². The summed E-state index contributed by atoms with van der Waals surface area (Å²) >= 11 is 8.37. The zero-order valence-electron chi connectivity index (χ0n) is 24.7. The number of nitrogens with zero attached hydrogens (tertiary/aromatic N) is 5. The summed E-state index contributed by atoms with van der Waals surface area (Å²) < 4.78 is 17.1. The van der Waals surface area contributed by atoms with Crippen LogP contribution in [0, 0.1) is 5.82 Å². The molecule has 4 heterocycles. The lowest BCUT2D eigenvalue weighted by Gasteiger charge is -2.35. The van der Waals surface area contributed by atoms with Gasteiger partial charge in [0.2, 0.25) is 11.8 Å². The van der Waals surface area contributed by atoms with E-state index in [9.17, 15) is 14.4 Å². The van der Waals surface area contributed by atoms with Gasteiger partial charge >= 0.3 is 5.69 Å². The van der Waals surface area contributed by atoms with Gasteiger partial charge in [-0.1, -0.05) is 50.2 Å². The standard InChI is InChI=1S/C33H30ClFN6O3S/c1-4-27(43)39-12-13-40(24-16-23(24)39)31-19-15-20(34)29-28-21(35)8-6-9-22(28)36-26(42)11-14-45-25-10-5-7-18(17(2)3)30(25)41(32(19)37-29)33(44)38-31/h4-10,15,17,23-24H,1,11-14,16H2,2-3H3,(H,36,42)/t23-,24?/m1/s1. The van der Waals surface area contributed by atoms with E-state index in [0.717, 1.165) is 16.9 Å². The third-order valence-electron chi connectivity index (χ3n) is 8.62. The maximum Gasteiger partial charge on any atom is 0.355 e. The molecule has 0 radical (unpaired) electrons. The number of nitrogens with one attached hydrogen (secondary N) is 1. The van der Waals surface area contributed by atoms with Crippen molar-refractivity contribution in [2.45, 2.75) is 49.6 Å². The van der Waals surface area contributed by atoms with Gasteiger partial charge in [0.05, 0.1) is 45.1 Å². The number of anilines is 2. The van der Waals surface area contributed by atoms with Crippen molar-refractivity contribution in [1.29, 1.82) is 0 Å². The maximum absolute atomic E-state index is 15.6. The second-order valence-electron chi connectivity index (χ2n) is 11.7. The fourth-order valence-electron chi connectivity index (χ4n) is 6.44. The first-order chi connectivity index (χ1) is 21.7. The van der Waals surface area contributed by atoms with E-state index < -0.39 is 11.5 Å². The molecule has 1 saturated heterocycles. The van der Waals surface area contributed by atoms with Gasteiger partial charge in [-0.15, -0.1) is 11.8 Å². The molecule has 2 aromatic carbocycles. The van der Waals surface area contributed by atoms with Crippen LogP contribution in [0.5, 0.6) is 0 Å². The minimum atomic E-state index is -0.610. The summed E-state index contributed by atoms with van der Waals surface area (Å²) in [5, 5.41) is 3.51. The molecule has 2 aromatic heterocycles. The average Bonchev–Trinajstić information content (AvgIpc) is 3.81. The van der Waals surface area contributed by atoms with Crippen molar-refractivity contribution in [1.82, 2.24) is 19.4 Å². The van der Waals surface area contributed by atoms with Crippen molar-refractivity contribution in [3.05, 3.63) is 82.0 Å². The number of carbonyl (C=O) groups is 2. The monoisotopic (exact) mass is 644 g/mol. The Morgan fingerprint density at radius 1 is 1.16 bits per heavy atom. The van der Waals surface area contributed by atoms with E-state index in [1.165, 1.54) is 34.5 Å². The summed E-state index contributed by atoms with van der Waals surface area (Å²) in [4.78, 5) is 54.0. The number of carbonyl (C=O) groups excluding carboxylic acids is 2. The number of halogens is 2. The molecular formula is C33H30ClFN6O3S. The van der Waals surface area contributed by atoms with Crippen molar-refractivity contribution in [2.24, 2.45) is 0 Å². The summed E-state index contributed by atoms with van der Waals surface area (Å²) in [6.07, 6.45) is 2.22. The van der Waals surface area contributed by atoms with Crippen molar-refractivity contribution < 1.29 is 14.0 Å². The molecule has 45 heavy (non-hydrogen) atoms. The Balaban J connectivity index is 1.54. The van der Waals surface area contributed by atoms with Gasteiger partial charge in [0.1, 0.15) is 11.6 Å². The van der Waals surface area contributed by atoms with E-state index in [4.69, 9.17) is 16.6 Å². The molecule has 9 nitrogen and oxygen atoms in total. The molecule has 230 valence electrons.